The molecule has 0 aliphatic carbocycles. The number of nitrogens with one attached hydrogen (secondary N) is 1. The van der Waals surface area contributed by atoms with Crippen molar-refractivity contribution in [1.29, 1.82) is 5.26 Å². The van der Waals surface area contributed by atoms with Crippen molar-refractivity contribution in [2.45, 2.75) is 13.1 Å². The van der Waals surface area contributed by atoms with E-state index in [-0.39, 0.29) is 0 Å². The van der Waals surface area contributed by atoms with E-state index in [1.54, 1.807) is 12.1 Å². The average Bonchev–Trinajstić information content (AvgIpc) is 2.46. The standard InChI is InChI=1S/C15H15N3/c16-9-12-5-7-15(8-6-12)18-11-14-4-2-1-3-13(14)10-17/h1-8,18H,10-11,17H2. The minimum absolute atomic E-state index is 0.547. The Bertz CT molecular complexity index is 553. The summed E-state index contributed by atoms with van der Waals surface area (Å²) in [5, 5.41) is 12.0. The largest absolute Gasteiger partial charge is 0.381 e. The highest BCUT2D eigenvalue weighted by atomic mass is 14.9. The quantitative estimate of drug-likeness (QED) is 0.859. The van der Waals surface area contributed by atoms with Crippen LogP contribution in [0.15, 0.2) is 48.5 Å². The van der Waals surface area contributed by atoms with E-state index in [0.29, 0.717) is 12.1 Å². The summed E-state index contributed by atoms with van der Waals surface area (Å²) in [6.07, 6.45) is 0. The van der Waals surface area contributed by atoms with Gasteiger partial charge in [0.05, 0.1) is 11.6 Å². The van der Waals surface area contributed by atoms with Crippen molar-refractivity contribution < 1.29 is 0 Å². The predicted octanol–water partition coefficient (Wildman–Crippen LogP) is 2.63. The van der Waals surface area contributed by atoms with Gasteiger partial charge in [-0.1, -0.05) is 24.3 Å². The molecule has 0 unspecified atom stereocenters. The van der Waals surface area contributed by atoms with Gasteiger partial charge in [0.15, 0.2) is 0 Å². The second-order valence-corrected chi connectivity index (χ2v) is 4.02. The van der Waals surface area contributed by atoms with Gasteiger partial charge in [-0.15, -0.1) is 0 Å². The molecule has 0 radical (unpaired) electrons. The molecule has 0 saturated heterocycles. The number of nitrogens with two attached hydrogens (primary N) is 1. The topological polar surface area (TPSA) is 61.8 Å². The number of hydrogen-bond donors (Lipinski definition) is 2. The summed E-state index contributed by atoms with van der Waals surface area (Å²) in [5.74, 6) is 0. The molecule has 90 valence electrons. The van der Waals surface area contributed by atoms with Crippen molar-refractivity contribution >= 4 is 5.69 Å². The highest BCUT2D eigenvalue weighted by molar-refractivity contribution is 5.48. The smallest absolute Gasteiger partial charge is 0.0991 e. The molecule has 0 heterocycles. The molecule has 0 aliphatic heterocycles. The van der Waals surface area contributed by atoms with Crippen molar-refractivity contribution in [3.63, 3.8) is 0 Å². The van der Waals surface area contributed by atoms with Crippen LogP contribution in [0.4, 0.5) is 5.69 Å². The van der Waals surface area contributed by atoms with Gasteiger partial charge >= 0.3 is 0 Å². The maximum Gasteiger partial charge on any atom is 0.0991 e. The van der Waals surface area contributed by atoms with Crippen molar-refractivity contribution in [3.05, 3.63) is 65.2 Å². The summed E-state index contributed by atoms with van der Waals surface area (Å²) in [6, 6.07) is 17.6. The minimum atomic E-state index is 0.547. The number of benzene rings is 2. The maximum atomic E-state index is 8.72. The summed E-state index contributed by atoms with van der Waals surface area (Å²) in [7, 11) is 0. The lowest BCUT2D eigenvalue weighted by molar-refractivity contribution is 1.01. The third-order valence-corrected chi connectivity index (χ3v) is 2.84. The zero-order chi connectivity index (χ0) is 12.8. The molecule has 0 amide bonds. The van der Waals surface area contributed by atoms with E-state index >= 15 is 0 Å². The molecule has 0 saturated carbocycles. The lowest BCUT2D eigenvalue weighted by atomic mass is 10.1. The first-order valence-corrected chi connectivity index (χ1v) is 5.84. The van der Waals surface area contributed by atoms with Crippen molar-refractivity contribution in [3.8, 4) is 6.07 Å². The molecule has 0 spiro atoms. The summed E-state index contributed by atoms with van der Waals surface area (Å²) in [4.78, 5) is 0. The van der Waals surface area contributed by atoms with E-state index in [1.807, 2.05) is 30.3 Å². The van der Waals surface area contributed by atoms with Crippen LogP contribution in [0, 0.1) is 11.3 Å². The van der Waals surface area contributed by atoms with Gasteiger partial charge in [0.25, 0.3) is 0 Å². The SMILES string of the molecule is N#Cc1ccc(NCc2ccccc2CN)cc1. The monoisotopic (exact) mass is 237 g/mol. The molecule has 0 bridgehead atoms. The summed E-state index contributed by atoms with van der Waals surface area (Å²) in [5.41, 5.74) is 9.71. The van der Waals surface area contributed by atoms with E-state index in [4.69, 9.17) is 11.0 Å². The molecule has 2 aromatic carbocycles. The van der Waals surface area contributed by atoms with Crippen LogP contribution in [0.2, 0.25) is 0 Å². The van der Waals surface area contributed by atoms with Crippen molar-refractivity contribution in [1.82, 2.24) is 0 Å². The Morgan fingerprint density at radius 1 is 1.00 bits per heavy atom. The van der Waals surface area contributed by atoms with Crippen LogP contribution in [0.5, 0.6) is 0 Å². The van der Waals surface area contributed by atoms with Crippen molar-refractivity contribution in [2.75, 3.05) is 5.32 Å². The fourth-order valence-corrected chi connectivity index (χ4v) is 1.79. The average molecular weight is 237 g/mol. The van der Waals surface area contributed by atoms with Gasteiger partial charge in [0.1, 0.15) is 0 Å². The van der Waals surface area contributed by atoms with Gasteiger partial charge in [0, 0.05) is 18.8 Å². The molecule has 0 aliphatic rings. The van der Waals surface area contributed by atoms with Gasteiger partial charge < -0.3 is 11.1 Å². The molecular formula is C15H15N3. The molecular weight excluding hydrogens is 222 g/mol. The van der Waals surface area contributed by atoms with Gasteiger partial charge in [0.2, 0.25) is 0 Å². The Labute approximate surface area is 107 Å². The molecule has 0 aromatic heterocycles. The number of anilines is 1. The molecule has 2 aromatic rings. The fourth-order valence-electron chi connectivity index (χ4n) is 1.79. The van der Waals surface area contributed by atoms with E-state index in [1.165, 1.54) is 5.56 Å². The summed E-state index contributed by atoms with van der Waals surface area (Å²) in [6.45, 7) is 1.28. The summed E-state index contributed by atoms with van der Waals surface area (Å²) < 4.78 is 0. The second-order valence-electron chi connectivity index (χ2n) is 4.02. The van der Waals surface area contributed by atoms with Crippen LogP contribution < -0.4 is 11.1 Å². The second kappa shape index (κ2) is 5.85. The summed E-state index contributed by atoms with van der Waals surface area (Å²) >= 11 is 0. The van der Waals surface area contributed by atoms with Crippen LogP contribution in [-0.2, 0) is 13.1 Å². The normalized spacial score (nSPS) is 9.78. The van der Waals surface area contributed by atoms with Gasteiger partial charge in [-0.2, -0.15) is 5.26 Å². The van der Waals surface area contributed by atoms with Gasteiger partial charge in [-0.25, -0.2) is 0 Å². The number of nitriles is 1. The third-order valence-electron chi connectivity index (χ3n) is 2.84. The molecule has 3 N–H and O–H groups in total. The van der Waals surface area contributed by atoms with E-state index in [0.717, 1.165) is 17.8 Å². The Morgan fingerprint density at radius 3 is 2.28 bits per heavy atom. The number of hydrogen-bond acceptors (Lipinski definition) is 3. The van der Waals surface area contributed by atoms with Crippen LogP contribution in [0.25, 0.3) is 0 Å². The maximum absolute atomic E-state index is 8.72. The number of nitrogens with zero attached hydrogens (tertiary/aromatic N) is 1. The van der Waals surface area contributed by atoms with Crippen LogP contribution in [0.3, 0.4) is 0 Å². The molecule has 0 atom stereocenters. The Kier molecular flexibility index (Phi) is 3.95. The Morgan fingerprint density at radius 2 is 1.67 bits per heavy atom. The van der Waals surface area contributed by atoms with Crippen LogP contribution in [0.1, 0.15) is 16.7 Å². The zero-order valence-electron chi connectivity index (χ0n) is 10.1. The lowest BCUT2D eigenvalue weighted by Crippen LogP contribution is -2.06. The van der Waals surface area contributed by atoms with Crippen LogP contribution in [-0.4, -0.2) is 0 Å². The minimum Gasteiger partial charge on any atom is -0.381 e. The number of rotatable bonds is 4. The van der Waals surface area contributed by atoms with Gasteiger partial charge in [-0.05, 0) is 35.4 Å². The molecule has 3 heteroatoms. The molecule has 0 fully saturated rings. The third kappa shape index (κ3) is 2.88. The van der Waals surface area contributed by atoms with Crippen LogP contribution >= 0.6 is 0 Å². The van der Waals surface area contributed by atoms with Gasteiger partial charge in [-0.3, -0.25) is 0 Å². The van der Waals surface area contributed by atoms with E-state index in [2.05, 4.69) is 17.5 Å². The molecule has 2 rings (SSSR count). The highest BCUT2D eigenvalue weighted by Gasteiger charge is 1.99. The first-order chi connectivity index (χ1) is 8.83. The highest BCUT2D eigenvalue weighted by Crippen LogP contribution is 2.13. The first kappa shape index (κ1) is 12.2. The molecule has 18 heavy (non-hydrogen) atoms. The predicted molar refractivity (Wildman–Crippen MR) is 72.8 cm³/mol. The molecule has 3 nitrogen and oxygen atoms in total. The lowest BCUT2D eigenvalue weighted by Gasteiger charge is -2.10. The zero-order valence-corrected chi connectivity index (χ0v) is 10.1. The fraction of sp³-hybridized carbons (Fsp3) is 0.133. The van der Waals surface area contributed by atoms with Crippen molar-refractivity contribution in [2.24, 2.45) is 5.73 Å². The Hall–Kier alpha value is -2.31. The Balaban J connectivity index is 2.04. The van der Waals surface area contributed by atoms with E-state index in [9.17, 15) is 0 Å². The van der Waals surface area contributed by atoms with E-state index < -0.39 is 0 Å². The first-order valence-electron chi connectivity index (χ1n) is 5.84.